The zero-order valence-electron chi connectivity index (χ0n) is 14.4. The van der Waals surface area contributed by atoms with Crippen molar-refractivity contribution in [2.45, 2.75) is 19.4 Å². The van der Waals surface area contributed by atoms with Crippen LogP contribution in [0.15, 0.2) is 54.6 Å². The Morgan fingerprint density at radius 2 is 1.77 bits per heavy atom. The first kappa shape index (κ1) is 17.6. The van der Waals surface area contributed by atoms with Crippen LogP contribution < -0.4 is 4.90 Å². The van der Waals surface area contributed by atoms with E-state index in [0.717, 1.165) is 5.56 Å². The Morgan fingerprint density at radius 1 is 1.12 bits per heavy atom. The van der Waals surface area contributed by atoms with E-state index in [1.54, 1.807) is 28.9 Å². The number of benzene rings is 2. The Bertz CT molecular complexity index is 820. The van der Waals surface area contributed by atoms with Crippen molar-refractivity contribution in [2.75, 3.05) is 18.0 Å². The standard InChI is InChI=1S/C19H19N3O4/c1-14-19(24)21(16-7-9-17(10-8-16)22(25)26)12-11-20(14)18(23)13-15-5-3-2-4-6-15/h2-10,14H,11-13H2,1H3/t14-/m0/s1. The predicted octanol–water partition coefficient (Wildman–Crippen LogP) is 2.40. The van der Waals surface area contributed by atoms with Gasteiger partial charge in [0.25, 0.3) is 5.69 Å². The van der Waals surface area contributed by atoms with Gasteiger partial charge in [0.05, 0.1) is 11.3 Å². The van der Waals surface area contributed by atoms with Gasteiger partial charge in [-0.05, 0) is 24.6 Å². The van der Waals surface area contributed by atoms with Crippen LogP contribution in [0.25, 0.3) is 0 Å². The van der Waals surface area contributed by atoms with Crippen molar-refractivity contribution in [3.8, 4) is 0 Å². The van der Waals surface area contributed by atoms with Crippen molar-refractivity contribution in [1.29, 1.82) is 0 Å². The first-order valence-corrected chi connectivity index (χ1v) is 8.36. The minimum Gasteiger partial charge on any atom is -0.329 e. The van der Waals surface area contributed by atoms with E-state index in [0.29, 0.717) is 18.8 Å². The summed E-state index contributed by atoms with van der Waals surface area (Å²) in [5.74, 6) is -0.271. The Balaban J connectivity index is 1.70. The zero-order chi connectivity index (χ0) is 18.7. The molecule has 0 bridgehead atoms. The molecule has 0 N–H and O–H groups in total. The second-order valence-corrected chi connectivity index (χ2v) is 6.19. The van der Waals surface area contributed by atoms with E-state index in [1.807, 2.05) is 30.3 Å². The number of carbonyl (C=O) groups excluding carboxylic acids is 2. The number of hydrogen-bond acceptors (Lipinski definition) is 4. The number of piperazine rings is 1. The number of carbonyl (C=O) groups is 2. The summed E-state index contributed by atoms with van der Waals surface area (Å²) < 4.78 is 0. The molecule has 1 saturated heterocycles. The molecule has 1 fully saturated rings. The number of amides is 2. The summed E-state index contributed by atoms with van der Waals surface area (Å²) >= 11 is 0. The molecule has 1 aliphatic heterocycles. The van der Waals surface area contributed by atoms with Gasteiger partial charge in [-0.3, -0.25) is 19.7 Å². The summed E-state index contributed by atoms with van der Waals surface area (Å²) in [5.41, 5.74) is 1.49. The van der Waals surface area contributed by atoms with Gasteiger partial charge in [-0.15, -0.1) is 0 Å². The van der Waals surface area contributed by atoms with Crippen LogP contribution in [0.2, 0.25) is 0 Å². The molecule has 0 spiro atoms. The summed E-state index contributed by atoms with van der Waals surface area (Å²) in [7, 11) is 0. The highest BCUT2D eigenvalue weighted by Crippen LogP contribution is 2.23. The van der Waals surface area contributed by atoms with Crippen LogP contribution in [-0.4, -0.2) is 40.8 Å². The lowest BCUT2D eigenvalue weighted by molar-refractivity contribution is -0.384. The quantitative estimate of drug-likeness (QED) is 0.624. The highest BCUT2D eigenvalue weighted by Gasteiger charge is 2.34. The fourth-order valence-corrected chi connectivity index (χ4v) is 3.09. The average Bonchev–Trinajstić information content (AvgIpc) is 2.64. The lowest BCUT2D eigenvalue weighted by atomic mass is 10.1. The molecule has 2 aromatic rings. The molecule has 26 heavy (non-hydrogen) atoms. The molecule has 0 unspecified atom stereocenters. The van der Waals surface area contributed by atoms with Gasteiger partial charge in [0.1, 0.15) is 6.04 Å². The molecule has 3 rings (SSSR count). The molecule has 1 aliphatic rings. The molecule has 2 amide bonds. The lowest BCUT2D eigenvalue weighted by Crippen LogP contribution is -2.58. The summed E-state index contributed by atoms with van der Waals surface area (Å²) in [5, 5.41) is 10.8. The van der Waals surface area contributed by atoms with Crippen LogP contribution in [0, 0.1) is 10.1 Å². The first-order chi connectivity index (χ1) is 12.5. The number of nitro groups is 1. The number of rotatable bonds is 4. The van der Waals surface area contributed by atoms with Crippen LogP contribution >= 0.6 is 0 Å². The van der Waals surface area contributed by atoms with Gasteiger partial charge in [0, 0.05) is 30.9 Å². The zero-order valence-corrected chi connectivity index (χ0v) is 14.4. The maximum absolute atomic E-state index is 12.7. The van der Waals surface area contributed by atoms with Gasteiger partial charge >= 0.3 is 0 Å². The number of anilines is 1. The summed E-state index contributed by atoms with van der Waals surface area (Å²) in [6.45, 7) is 2.50. The van der Waals surface area contributed by atoms with Crippen molar-refractivity contribution in [3.63, 3.8) is 0 Å². The van der Waals surface area contributed by atoms with Crippen molar-refractivity contribution >= 4 is 23.2 Å². The summed E-state index contributed by atoms with van der Waals surface area (Å²) in [4.78, 5) is 38.7. The second-order valence-electron chi connectivity index (χ2n) is 6.19. The predicted molar refractivity (Wildman–Crippen MR) is 96.8 cm³/mol. The van der Waals surface area contributed by atoms with Gasteiger partial charge < -0.3 is 9.80 Å². The molecule has 1 atom stereocenters. The second kappa shape index (κ2) is 7.35. The van der Waals surface area contributed by atoms with E-state index in [4.69, 9.17) is 0 Å². The highest BCUT2D eigenvalue weighted by molar-refractivity contribution is 6.00. The van der Waals surface area contributed by atoms with E-state index in [1.165, 1.54) is 12.1 Å². The van der Waals surface area contributed by atoms with E-state index < -0.39 is 11.0 Å². The highest BCUT2D eigenvalue weighted by atomic mass is 16.6. The van der Waals surface area contributed by atoms with Gasteiger partial charge in [0.15, 0.2) is 0 Å². The number of non-ortho nitro benzene ring substituents is 1. The van der Waals surface area contributed by atoms with E-state index >= 15 is 0 Å². The monoisotopic (exact) mass is 353 g/mol. The Labute approximate surface area is 151 Å². The van der Waals surface area contributed by atoms with Crippen LogP contribution in [0.1, 0.15) is 12.5 Å². The van der Waals surface area contributed by atoms with E-state index in [9.17, 15) is 19.7 Å². The normalized spacial score (nSPS) is 17.3. The molecule has 0 aromatic heterocycles. The minimum atomic E-state index is -0.574. The molecule has 134 valence electrons. The third-order valence-corrected chi connectivity index (χ3v) is 4.55. The third-order valence-electron chi connectivity index (χ3n) is 4.55. The van der Waals surface area contributed by atoms with Crippen LogP contribution in [0.4, 0.5) is 11.4 Å². The fourth-order valence-electron chi connectivity index (χ4n) is 3.09. The van der Waals surface area contributed by atoms with E-state index in [2.05, 4.69) is 0 Å². The van der Waals surface area contributed by atoms with Crippen LogP contribution in [0.3, 0.4) is 0 Å². The molecular formula is C19H19N3O4. The molecule has 0 radical (unpaired) electrons. The molecule has 0 saturated carbocycles. The molecule has 1 heterocycles. The molecular weight excluding hydrogens is 334 g/mol. The van der Waals surface area contributed by atoms with Gasteiger partial charge in [-0.25, -0.2) is 0 Å². The molecule has 0 aliphatic carbocycles. The van der Waals surface area contributed by atoms with Crippen LogP contribution in [-0.2, 0) is 16.0 Å². The first-order valence-electron chi connectivity index (χ1n) is 8.36. The Morgan fingerprint density at radius 3 is 2.38 bits per heavy atom. The summed E-state index contributed by atoms with van der Waals surface area (Å²) in [6.07, 6.45) is 0.260. The van der Waals surface area contributed by atoms with Crippen molar-refractivity contribution in [1.82, 2.24) is 4.90 Å². The minimum absolute atomic E-state index is 0.0223. The Kier molecular flexibility index (Phi) is 4.97. The van der Waals surface area contributed by atoms with Crippen LogP contribution in [0.5, 0.6) is 0 Å². The smallest absolute Gasteiger partial charge is 0.269 e. The topological polar surface area (TPSA) is 83.8 Å². The van der Waals surface area contributed by atoms with E-state index in [-0.39, 0.29) is 23.9 Å². The maximum Gasteiger partial charge on any atom is 0.269 e. The lowest BCUT2D eigenvalue weighted by Gasteiger charge is -2.39. The average molecular weight is 353 g/mol. The number of hydrogen-bond donors (Lipinski definition) is 0. The SMILES string of the molecule is C[C@H]1C(=O)N(c2ccc([N+](=O)[O-])cc2)CCN1C(=O)Cc1ccccc1. The van der Waals surface area contributed by atoms with Crippen molar-refractivity contribution in [3.05, 3.63) is 70.3 Å². The van der Waals surface area contributed by atoms with Gasteiger partial charge in [-0.1, -0.05) is 30.3 Å². The van der Waals surface area contributed by atoms with Gasteiger partial charge in [-0.2, -0.15) is 0 Å². The third kappa shape index (κ3) is 3.56. The molecule has 2 aromatic carbocycles. The molecule has 7 heteroatoms. The molecule has 7 nitrogen and oxygen atoms in total. The fraction of sp³-hybridized carbons (Fsp3) is 0.263. The van der Waals surface area contributed by atoms with Gasteiger partial charge in [0.2, 0.25) is 11.8 Å². The number of nitro benzene ring substituents is 1. The van der Waals surface area contributed by atoms with Crippen molar-refractivity contribution < 1.29 is 14.5 Å². The summed E-state index contributed by atoms with van der Waals surface area (Å²) in [6, 6.07) is 14.7. The van der Waals surface area contributed by atoms with Crippen molar-refractivity contribution in [2.24, 2.45) is 0 Å². The number of nitrogens with zero attached hydrogens (tertiary/aromatic N) is 3. The largest absolute Gasteiger partial charge is 0.329 e. The Hall–Kier alpha value is -3.22. The maximum atomic E-state index is 12.7.